The number of carboxylic acids is 1. The van der Waals surface area contributed by atoms with Gasteiger partial charge in [0.25, 0.3) is 0 Å². The molecule has 1 fully saturated rings. The average molecular weight is 192 g/mol. The maximum atomic E-state index is 12.3. The molecule has 13 heavy (non-hydrogen) atoms. The molecular formula is C9H14F2O2. The van der Waals surface area contributed by atoms with Gasteiger partial charge < -0.3 is 5.11 Å². The molecule has 0 bridgehead atoms. The van der Waals surface area contributed by atoms with E-state index in [4.69, 9.17) is 5.11 Å². The highest BCUT2D eigenvalue weighted by molar-refractivity contribution is 5.67. The lowest BCUT2D eigenvalue weighted by Crippen LogP contribution is -2.22. The Kier molecular flexibility index (Phi) is 3.63. The topological polar surface area (TPSA) is 37.3 Å². The van der Waals surface area contributed by atoms with Gasteiger partial charge in [0, 0.05) is 12.3 Å². The fourth-order valence-electron chi connectivity index (χ4n) is 1.99. The van der Waals surface area contributed by atoms with E-state index >= 15 is 0 Å². The molecule has 0 spiro atoms. The van der Waals surface area contributed by atoms with Crippen molar-refractivity contribution in [3.8, 4) is 0 Å². The summed E-state index contributed by atoms with van der Waals surface area (Å²) < 4.78 is 24.6. The second kappa shape index (κ2) is 4.53. The van der Waals surface area contributed by atoms with Crippen molar-refractivity contribution in [1.82, 2.24) is 0 Å². The molecule has 1 rings (SSSR count). The van der Waals surface area contributed by atoms with E-state index in [1.165, 1.54) is 0 Å². The van der Waals surface area contributed by atoms with Crippen LogP contribution in [-0.2, 0) is 4.79 Å². The summed E-state index contributed by atoms with van der Waals surface area (Å²) in [5, 5.41) is 8.50. The van der Waals surface area contributed by atoms with Gasteiger partial charge in [0.05, 0.1) is 0 Å². The van der Waals surface area contributed by atoms with Crippen LogP contribution in [0.5, 0.6) is 0 Å². The van der Waals surface area contributed by atoms with E-state index in [2.05, 4.69) is 0 Å². The van der Waals surface area contributed by atoms with Crippen LogP contribution in [-0.4, -0.2) is 17.5 Å². The van der Waals surface area contributed by atoms with E-state index in [0.29, 0.717) is 12.8 Å². The Morgan fingerprint density at radius 3 is 2.69 bits per heavy atom. The molecule has 0 aromatic rings. The summed E-state index contributed by atoms with van der Waals surface area (Å²) in [5.41, 5.74) is 0. The zero-order chi connectivity index (χ0) is 9.84. The van der Waals surface area contributed by atoms with Crippen LogP contribution in [0.3, 0.4) is 0 Å². The molecule has 2 nitrogen and oxygen atoms in total. The molecule has 2 atom stereocenters. The lowest BCUT2D eigenvalue weighted by Gasteiger charge is -2.27. The first kappa shape index (κ1) is 10.4. The summed E-state index contributed by atoms with van der Waals surface area (Å²) in [6.07, 6.45) is 0.222. The third-order valence-electron chi connectivity index (χ3n) is 2.64. The van der Waals surface area contributed by atoms with Crippen molar-refractivity contribution in [3.05, 3.63) is 0 Å². The number of carboxylic acid groups (broad SMARTS) is 1. The van der Waals surface area contributed by atoms with Crippen molar-refractivity contribution < 1.29 is 18.7 Å². The lowest BCUT2D eigenvalue weighted by molar-refractivity contribution is -0.138. The number of hydrogen-bond donors (Lipinski definition) is 1. The zero-order valence-corrected chi connectivity index (χ0v) is 7.38. The molecule has 1 saturated carbocycles. The quantitative estimate of drug-likeness (QED) is 0.746. The van der Waals surface area contributed by atoms with Gasteiger partial charge in [-0.05, 0) is 25.2 Å². The normalized spacial score (nSPS) is 29.2. The summed E-state index contributed by atoms with van der Waals surface area (Å²) >= 11 is 0. The van der Waals surface area contributed by atoms with Gasteiger partial charge in [-0.2, -0.15) is 0 Å². The molecule has 0 amide bonds. The number of alkyl halides is 2. The first-order chi connectivity index (χ1) is 6.09. The molecule has 76 valence electrons. The second-order valence-corrected chi connectivity index (χ2v) is 3.73. The first-order valence-electron chi connectivity index (χ1n) is 4.59. The van der Waals surface area contributed by atoms with E-state index < -0.39 is 18.3 Å². The molecule has 0 aromatic carbocycles. The largest absolute Gasteiger partial charge is 0.481 e. The second-order valence-electron chi connectivity index (χ2n) is 3.73. The molecule has 1 aliphatic rings. The molecular weight excluding hydrogens is 178 g/mol. The maximum absolute atomic E-state index is 12.3. The standard InChI is InChI=1S/C9H14F2O2/c10-9(11)7-3-1-2-6(4-7)5-8(12)13/h6-7,9H,1-5H2,(H,12,13). The highest BCUT2D eigenvalue weighted by Crippen LogP contribution is 2.34. The van der Waals surface area contributed by atoms with Crippen molar-refractivity contribution in [3.63, 3.8) is 0 Å². The van der Waals surface area contributed by atoms with Crippen molar-refractivity contribution in [2.75, 3.05) is 0 Å². The molecule has 0 aliphatic heterocycles. The Labute approximate surface area is 75.9 Å². The van der Waals surface area contributed by atoms with Gasteiger partial charge in [-0.1, -0.05) is 6.42 Å². The van der Waals surface area contributed by atoms with Gasteiger partial charge in [0.15, 0.2) is 0 Å². The molecule has 0 heterocycles. The maximum Gasteiger partial charge on any atom is 0.303 e. The van der Waals surface area contributed by atoms with Crippen LogP contribution >= 0.6 is 0 Å². The van der Waals surface area contributed by atoms with Crippen LogP contribution in [0.2, 0.25) is 0 Å². The van der Waals surface area contributed by atoms with Gasteiger partial charge in [0.2, 0.25) is 6.43 Å². The molecule has 0 aromatic heterocycles. The number of carbonyl (C=O) groups is 1. The van der Waals surface area contributed by atoms with Crippen LogP contribution in [0.25, 0.3) is 0 Å². The number of halogens is 2. The van der Waals surface area contributed by atoms with Crippen LogP contribution < -0.4 is 0 Å². The van der Waals surface area contributed by atoms with E-state index in [1.54, 1.807) is 0 Å². The minimum absolute atomic E-state index is 0.0368. The summed E-state index contributed by atoms with van der Waals surface area (Å²) in [6.45, 7) is 0. The number of rotatable bonds is 3. The fourth-order valence-corrected chi connectivity index (χ4v) is 1.99. The predicted octanol–water partition coefficient (Wildman–Crippen LogP) is 2.53. The Morgan fingerprint density at radius 1 is 1.46 bits per heavy atom. The van der Waals surface area contributed by atoms with Crippen LogP contribution in [0.4, 0.5) is 8.78 Å². The first-order valence-corrected chi connectivity index (χ1v) is 4.59. The van der Waals surface area contributed by atoms with Crippen molar-refractivity contribution in [2.24, 2.45) is 11.8 Å². The average Bonchev–Trinajstić information content (AvgIpc) is 2.03. The highest BCUT2D eigenvalue weighted by Gasteiger charge is 2.29. The smallest absolute Gasteiger partial charge is 0.303 e. The van der Waals surface area contributed by atoms with Crippen molar-refractivity contribution in [2.45, 2.75) is 38.5 Å². The van der Waals surface area contributed by atoms with Gasteiger partial charge in [-0.3, -0.25) is 4.79 Å². The van der Waals surface area contributed by atoms with E-state index in [1.807, 2.05) is 0 Å². The Balaban J connectivity index is 2.37. The fraction of sp³-hybridized carbons (Fsp3) is 0.889. The highest BCUT2D eigenvalue weighted by atomic mass is 19.3. The minimum atomic E-state index is -2.28. The lowest BCUT2D eigenvalue weighted by atomic mass is 9.80. The summed E-state index contributed by atoms with van der Waals surface area (Å²) in [6, 6.07) is 0. The van der Waals surface area contributed by atoms with E-state index in [0.717, 1.165) is 12.8 Å². The van der Waals surface area contributed by atoms with Crippen molar-refractivity contribution >= 4 is 5.97 Å². The molecule has 1 aliphatic carbocycles. The van der Waals surface area contributed by atoms with Gasteiger partial charge in [-0.25, -0.2) is 8.78 Å². The predicted molar refractivity (Wildman–Crippen MR) is 43.7 cm³/mol. The summed E-state index contributed by atoms with van der Waals surface area (Å²) in [5.74, 6) is -1.48. The SMILES string of the molecule is O=C(O)CC1CCCC(C(F)F)C1. The minimum Gasteiger partial charge on any atom is -0.481 e. The molecule has 0 saturated heterocycles. The molecule has 0 radical (unpaired) electrons. The molecule has 2 unspecified atom stereocenters. The van der Waals surface area contributed by atoms with Crippen LogP contribution in [0.15, 0.2) is 0 Å². The summed E-state index contributed by atoms with van der Waals surface area (Å²) in [4.78, 5) is 10.4. The Bertz CT molecular complexity index is 182. The third kappa shape index (κ3) is 3.28. The molecule has 4 heteroatoms. The number of aliphatic carboxylic acids is 1. The third-order valence-corrected chi connectivity index (χ3v) is 2.64. The van der Waals surface area contributed by atoms with Crippen LogP contribution in [0.1, 0.15) is 32.1 Å². The van der Waals surface area contributed by atoms with Gasteiger partial charge in [-0.15, -0.1) is 0 Å². The Morgan fingerprint density at radius 2 is 2.15 bits per heavy atom. The Hall–Kier alpha value is -0.670. The molecule has 1 N–H and O–H groups in total. The van der Waals surface area contributed by atoms with E-state index in [9.17, 15) is 13.6 Å². The monoisotopic (exact) mass is 192 g/mol. The van der Waals surface area contributed by atoms with Gasteiger partial charge >= 0.3 is 5.97 Å². The van der Waals surface area contributed by atoms with Gasteiger partial charge in [0.1, 0.15) is 0 Å². The summed E-state index contributed by atoms with van der Waals surface area (Å²) in [7, 11) is 0. The van der Waals surface area contributed by atoms with Crippen LogP contribution in [0, 0.1) is 11.8 Å². The number of hydrogen-bond acceptors (Lipinski definition) is 1. The zero-order valence-electron chi connectivity index (χ0n) is 7.38. The van der Waals surface area contributed by atoms with E-state index in [-0.39, 0.29) is 12.3 Å². The van der Waals surface area contributed by atoms with Crippen molar-refractivity contribution in [1.29, 1.82) is 0 Å².